The van der Waals surface area contributed by atoms with Crippen molar-refractivity contribution in [2.24, 2.45) is 5.10 Å². The van der Waals surface area contributed by atoms with Crippen LogP contribution in [-0.4, -0.2) is 24.2 Å². The number of hydrogen-bond donors (Lipinski definition) is 1. The van der Waals surface area contributed by atoms with E-state index in [1.54, 1.807) is 12.3 Å². The molecule has 26 heavy (non-hydrogen) atoms. The maximum Gasteiger partial charge on any atom is 0.281 e. The van der Waals surface area contributed by atoms with Gasteiger partial charge in [-0.2, -0.15) is 5.10 Å². The summed E-state index contributed by atoms with van der Waals surface area (Å²) in [6, 6.07) is 8.15. The van der Waals surface area contributed by atoms with E-state index in [2.05, 4.69) is 62.2 Å². The molecule has 2 heterocycles. The van der Waals surface area contributed by atoms with Crippen molar-refractivity contribution in [2.75, 3.05) is 11.4 Å². The van der Waals surface area contributed by atoms with Gasteiger partial charge in [-0.05, 0) is 80.3 Å². The number of carbonyl (C=O) groups excluding carboxylic acids is 1. The van der Waals surface area contributed by atoms with Gasteiger partial charge in [-0.25, -0.2) is 5.43 Å². The molecule has 1 amide bonds. The average molecular weight is 370 g/mol. The Kier molecular flexibility index (Phi) is 5.19. The number of amides is 1. The Hall–Kier alpha value is -2.14. The fourth-order valence-electron chi connectivity index (χ4n) is 4.01. The predicted octanol–water partition coefficient (Wildman–Crippen LogP) is 4.93. The first kappa shape index (κ1) is 18.6. The zero-order chi connectivity index (χ0) is 18.9. The number of thiophene rings is 1. The number of nitrogens with one attached hydrogen (secondary N) is 1. The average Bonchev–Trinajstić information content (AvgIpc) is 3.10. The van der Waals surface area contributed by atoms with E-state index in [1.807, 2.05) is 11.4 Å². The second-order valence-corrected chi connectivity index (χ2v) is 8.55. The largest absolute Gasteiger partial charge is 0.366 e. The molecule has 0 bridgehead atoms. The Morgan fingerprint density at radius 2 is 2.23 bits per heavy atom. The van der Waals surface area contributed by atoms with Crippen LogP contribution in [0.5, 0.6) is 0 Å². The molecule has 0 saturated carbocycles. The van der Waals surface area contributed by atoms with Crippen LogP contribution in [0.25, 0.3) is 0 Å². The highest BCUT2D eigenvalue weighted by Gasteiger charge is 2.35. The monoisotopic (exact) mass is 369 g/mol. The molecule has 5 heteroatoms. The topological polar surface area (TPSA) is 44.7 Å². The molecule has 1 aromatic carbocycles. The van der Waals surface area contributed by atoms with Crippen molar-refractivity contribution in [1.29, 1.82) is 0 Å². The molecule has 3 rings (SSSR count). The summed E-state index contributed by atoms with van der Waals surface area (Å²) < 4.78 is 0. The molecule has 1 aliphatic heterocycles. The minimum atomic E-state index is -0.167. The Balaban J connectivity index is 1.85. The van der Waals surface area contributed by atoms with Crippen molar-refractivity contribution in [3.8, 4) is 0 Å². The number of fused-ring (bicyclic) bond motifs is 1. The van der Waals surface area contributed by atoms with Crippen LogP contribution in [0.3, 0.4) is 0 Å². The molecule has 1 unspecified atom stereocenters. The number of hydrazone groups is 1. The summed E-state index contributed by atoms with van der Waals surface area (Å²) in [7, 11) is 0. The molecule has 1 aromatic heterocycles. The van der Waals surface area contributed by atoms with Crippen LogP contribution in [0.1, 0.15) is 66.4 Å². The number of nitrogens with zero attached hydrogens (tertiary/aromatic N) is 2. The third-order valence-electron chi connectivity index (χ3n) is 5.20. The number of hydrogen-bond acceptors (Lipinski definition) is 4. The van der Waals surface area contributed by atoms with Crippen LogP contribution in [0.4, 0.5) is 5.69 Å². The molecule has 1 N–H and O–H groups in total. The van der Waals surface area contributed by atoms with Crippen molar-refractivity contribution in [3.63, 3.8) is 0 Å². The summed E-state index contributed by atoms with van der Waals surface area (Å²) in [5.41, 5.74) is 7.69. The number of carbonyl (C=O) groups is 1. The summed E-state index contributed by atoms with van der Waals surface area (Å²) in [5.74, 6) is 0.329. The van der Waals surface area contributed by atoms with Gasteiger partial charge < -0.3 is 4.90 Å². The molecule has 0 aliphatic carbocycles. The zero-order valence-corrected chi connectivity index (χ0v) is 17.0. The molecule has 1 aliphatic rings. The molecule has 2 aromatic rings. The first-order valence-corrected chi connectivity index (χ1v) is 10.0. The molecule has 4 nitrogen and oxygen atoms in total. The third kappa shape index (κ3) is 3.54. The quantitative estimate of drug-likeness (QED) is 0.613. The maximum atomic E-state index is 12.0. The zero-order valence-electron chi connectivity index (χ0n) is 16.2. The normalized spacial score (nSPS) is 18.8. The van der Waals surface area contributed by atoms with Gasteiger partial charge in [0.1, 0.15) is 0 Å². The van der Waals surface area contributed by atoms with Gasteiger partial charge in [0.2, 0.25) is 0 Å². The number of benzene rings is 1. The Bertz CT molecular complexity index is 824. The van der Waals surface area contributed by atoms with Crippen LogP contribution in [0.15, 0.2) is 34.7 Å². The molecule has 0 spiro atoms. The third-order valence-corrected chi connectivity index (χ3v) is 6.07. The Morgan fingerprint density at radius 3 is 2.88 bits per heavy atom. The van der Waals surface area contributed by atoms with E-state index in [-0.39, 0.29) is 11.4 Å². The fourth-order valence-corrected chi connectivity index (χ4v) is 4.63. The van der Waals surface area contributed by atoms with E-state index >= 15 is 0 Å². The highest BCUT2D eigenvalue weighted by molar-refractivity contribution is 7.12. The van der Waals surface area contributed by atoms with E-state index in [9.17, 15) is 4.79 Å². The smallest absolute Gasteiger partial charge is 0.281 e. The van der Waals surface area contributed by atoms with Crippen LogP contribution in [0, 0.1) is 6.92 Å². The van der Waals surface area contributed by atoms with Crippen LogP contribution in [-0.2, 0) is 0 Å². The van der Waals surface area contributed by atoms with Gasteiger partial charge in [0, 0.05) is 17.8 Å². The van der Waals surface area contributed by atoms with Gasteiger partial charge in [0.15, 0.2) is 0 Å². The molecule has 0 radical (unpaired) electrons. The van der Waals surface area contributed by atoms with Crippen molar-refractivity contribution in [1.82, 2.24) is 5.43 Å². The van der Waals surface area contributed by atoms with Gasteiger partial charge in [0.25, 0.3) is 5.91 Å². The lowest BCUT2D eigenvalue weighted by atomic mass is 9.79. The summed E-state index contributed by atoms with van der Waals surface area (Å²) in [5, 5.41) is 6.05. The number of aryl methyl sites for hydroxylation is 1. The molecule has 0 fully saturated rings. The first-order chi connectivity index (χ1) is 12.3. The van der Waals surface area contributed by atoms with Crippen molar-refractivity contribution < 1.29 is 4.79 Å². The van der Waals surface area contributed by atoms with Gasteiger partial charge in [0.05, 0.1) is 11.1 Å². The summed E-state index contributed by atoms with van der Waals surface area (Å²) in [4.78, 5) is 15.2. The minimum Gasteiger partial charge on any atom is -0.366 e. The first-order valence-electron chi connectivity index (χ1n) is 9.12. The lowest BCUT2D eigenvalue weighted by Crippen LogP contribution is -2.48. The van der Waals surface area contributed by atoms with Gasteiger partial charge >= 0.3 is 0 Å². The highest BCUT2D eigenvalue weighted by Crippen LogP contribution is 2.43. The Morgan fingerprint density at radius 1 is 1.46 bits per heavy atom. The predicted molar refractivity (Wildman–Crippen MR) is 111 cm³/mol. The summed E-state index contributed by atoms with van der Waals surface area (Å²) in [6.07, 6.45) is 2.88. The summed E-state index contributed by atoms with van der Waals surface area (Å²) >= 11 is 1.41. The molecular formula is C21H27N3OS. The molecule has 0 saturated heterocycles. The number of rotatable bonds is 4. The molecular weight excluding hydrogens is 342 g/mol. The van der Waals surface area contributed by atoms with Gasteiger partial charge in [-0.1, -0.05) is 13.0 Å². The lowest BCUT2D eigenvalue weighted by molar-refractivity contribution is 0.0959. The number of anilines is 1. The van der Waals surface area contributed by atoms with E-state index < -0.39 is 0 Å². The van der Waals surface area contributed by atoms with Gasteiger partial charge in [-0.3, -0.25) is 4.79 Å². The van der Waals surface area contributed by atoms with Crippen LogP contribution in [0.2, 0.25) is 0 Å². The van der Waals surface area contributed by atoms with E-state index in [1.165, 1.54) is 28.2 Å². The van der Waals surface area contributed by atoms with Crippen LogP contribution < -0.4 is 10.3 Å². The molecule has 138 valence electrons. The second-order valence-electron chi connectivity index (χ2n) is 7.61. The highest BCUT2D eigenvalue weighted by atomic mass is 32.1. The van der Waals surface area contributed by atoms with Crippen LogP contribution >= 0.6 is 11.3 Å². The fraction of sp³-hybridized carbons (Fsp3) is 0.429. The van der Waals surface area contributed by atoms with E-state index in [0.29, 0.717) is 10.8 Å². The van der Waals surface area contributed by atoms with Crippen molar-refractivity contribution in [3.05, 3.63) is 51.2 Å². The van der Waals surface area contributed by atoms with Crippen molar-refractivity contribution in [2.45, 2.75) is 52.5 Å². The minimum absolute atomic E-state index is 0.165. The van der Waals surface area contributed by atoms with E-state index in [0.717, 1.165) is 18.5 Å². The van der Waals surface area contributed by atoms with Gasteiger partial charge in [-0.15, -0.1) is 11.3 Å². The van der Waals surface area contributed by atoms with Crippen molar-refractivity contribution >= 4 is 29.1 Å². The maximum absolute atomic E-state index is 12.0. The lowest BCUT2D eigenvalue weighted by Gasteiger charge is -2.47. The SMILES string of the molecule is CCN1c2cc(C)c(/C=N/NC(=O)c3cccs3)cc2C(C)CC1(C)C. The second kappa shape index (κ2) is 7.23. The standard InChI is InChI=1S/C21H27N3OS/c1-6-24-18-10-14(2)16(11-17(18)15(3)12-21(24,4)5)13-22-23-20(25)19-8-7-9-26-19/h7-11,13,15H,6,12H2,1-5H3,(H,23,25)/b22-13+. The van der Waals surface area contributed by atoms with E-state index in [4.69, 9.17) is 0 Å². The Labute approximate surface area is 159 Å². The molecule has 1 atom stereocenters. The summed E-state index contributed by atoms with van der Waals surface area (Å²) in [6.45, 7) is 12.2.